The number of nitrogens with zero attached hydrogens (tertiary/aromatic N) is 2. The number of amides is 1. The summed E-state index contributed by atoms with van der Waals surface area (Å²) in [6.45, 7) is 1.81. The molecule has 0 bridgehead atoms. The van der Waals surface area contributed by atoms with Gasteiger partial charge in [0.05, 0.1) is 0 Å². The smallest absolute Gasteiger partial charge is 0.256 e. The van der Waals surface area contributed by atoms with Crippen molar-refractivity contribution in [3.63, 3.8) is 0 Å². The molecule has 2 heterocycles. The molecule has 1 fully saturated rings. The molecule has 0 radical (unpaired) electrons. The number of rotatable bonds is 10. The largest absolute Gasteiger partial charge is 0.338 e. The van der Waals surface area contributed by atoms with Gasteiger partial charge in [-0.3, -0.25) is 9.59 Å². The predicted molar refractivity (Wildman–Crippen MR) is 215 cm³/mol. The molecule has 2 unspecified atom stereocenters. The molecule has 2 aliphatic rings. The van der Waals surface area contributed by atoms with Crippen molar-refractivity contribution in [3.8, 4) is 0 Å². The van der Waals surface area contributed by atoms with Gasteiger partial charge in [0.25, 0.3) is 5.91 Å². The molecule has 0 saturated heterocycles. The second-order valence-corrected chi connectivity index (χ2v) is 14.2. The van der Waals surface area contributed by atoms with E-state index in [0.717, 1.165) is 24.0 Å². The summed E-state index contributed by atoms with van der Waals surface area (Å²) >= 11 is 0. The summed E-state index contributed by atoms with van der Waals surface area (Å²) in [6.07, 6.45) is 11.2. The SMILES string of the molecule is CC(=O)C[n+]1ccc(/C(=C/c2ccc3c(c2)C2CCCC2N3c2ccc(C=C(c3ccccc3)c3ccccc3)cc2)C(=O)Nc2ccc(F)cc2)cc1. The van der Waals surface area contributed by atoms with Gasteiger partial charge >= 0.3 is 0 Å². The zero-order valence-electron chi connectivity index (χ0n) is 30.2. The normalized spacial score (nSPS) is 16.0. The Morgan fingerprint density at radius 3 is 2.04 bits per heavy atom. The highest BCUT2D eigenvalue weighted by Crippen LogP contribution is 2.52. The average Bonchev–Trinajstić information content (AvgIpc) is 3.79. The van der Waals surface area contributed by atoms with Gasteiger partial charge in [-0.05, 0) is 112 Å². The second kappa shape index (κ2) is 15.3. The third kappa shape index (κ3) is 7.42. The van der Waals surface area contributed by atoms with Crippen molar-refractivity contribution in [2.24, 2.45) is 0 Å². The van der Waals surface area contributed by atoms with E-state index in [1.165, 1.54) is 52.2 Å². The summed E-state index contributed by atoms with van der Waals surface area (Å²) in [4.78, 5) is 28.1. The summed E-state index contributed by atoms with van der Waals surface area (Å²) < 4.78 is 15.4. The Labute approximate surface area is 315 Å². The number of aromatic nitrogens is 1. The average molecular weight is 711 g/mol. The minimum atomic E-state index is -0.368. The lowest BCUT2D eigenvalue weighted by molar-refractivity contribution is -0.684. The van der Waals surface area contributed by atoms with E-state index in [1.54, 1.807) is 23.6 Å². The predicted octanol–water partition coefficient (Wildman–Crippen LogP) is 10.3. The first-order valence-electron chi connectivity index (χ1n) is 18.5. The van der Waals surface area contributed by atoms with Crippen LogP contribution in [0.15, 0.2) is 152 Å². The van der Waals surface area contributed by atoms with E-state index in [0.29, 0.717) is 28.8 Å². The second-order valence-electron chi connectivity index (χ2n) is 14.2. The molecule has 5 nitrogen and oxygen atoms in total. The van der Waals surface area contributed by atoms with E-state index in [-0.39, 0.29) is 24.1 Å². The molecule has 8 rings (SSSR count). The molecule has 266 valence electrons. The Morgan fingerprint density at radius 2 is 1.39 bits per heavy atom. The molecule has 2 atom stereocenters. The molecule has 1 aromatic heterocycles. The Morgan fingerprint density at radius 1 is 0.741 bits per heavy atom. The third-order valence-corrected chi connectivity index (χ3v) is 10.4. The number of ketones is 1. The number of halogens is 1. The van der Waals surface area contributed by atoms with Gasteiger partial charge in [-0.15, -0.1) is 0 Å². The number of carbonyl (C=O) groups is 2. The summed E-state index contributed by atoms with van der Waals surface area (Å²) in [5.74, 6) is -0.228. The van der Waals surface area contributed by atoms with Crippen LogP contribution in [0, 0.1) is 5.82 Å². The van der Waals surface area contributed by atoms with Gasteiger partial charge in [0.1, 0.15) is 5.82 Å². The van der Waals surface area contributed by atoms with Crippen LogP contribution in [0.25, 0.3) is 23.3 Å². The van der Waals surface area contributed by atoms with Crippen molar-refractivity contribution < 1.29 is 18.5 Å². The molecular formula is C48H41FN3O2+. The van der Waals surface area contributed by atoms with Crippen LogP contribution < -0.4 is 14.8 Å². The Hall–Kier alpha value is -6.40. The molecule has 1 N–H and O–H groups in total. The van der Waals surface area contributed by atoms with Crippen molar-refractivity contribution >= 4 is 52.1 Å². The molecule has 0 spiro atoms. The lowest BCUT2D eigenvalue weighted by Crippen LogP contribution is -2.36. The fourth-order valence-corrected chi connectivity index (χ4v) is 7.94. The Balaban J connectivity index is 1.12. The van der Waals surface area contributed by atoms with Gasteiger partial charge < -0.3 is 10.2 Å². The number of anilines is 3. The molecule has 1 aliphatic heterocycles. The number of benzene rings is 5. The van der Waals surface area contributed by atoms with Crippen molar-refractivity contribution in [1.29, 1.82) is 0 Å². The van der Waals surface area contributed by atoms with Crippen LogP contribution in [-0.4, -0.2) is 17.7 Å². The zero-order valence-corrected chi connectivity index (χ0v) is 30.2. The topological polar surface area (TPSA) is 53.3 Å². The fraction of sp³-hybridized carbons (Fsp3) is 0.146. The summed E-state index contributed by atoms with van der Waals surface area (Å²) in [6, 6.07) is 46.3. The standard InChI is InChI=1S/C48H40FN3O2/c1-33(53)32-51-27-25-38(26-28-51)44(48(54)50-40-20-18-39(49)19-21-40)30-35-17-24-47-45(31-35)42-13-8-14-46(42)52(47)41-22-15-34(16-23-41)29-43(36-9-4-2-5-10-36)37-11-6-3-7-12-37/h2-7,9-12,15-31,42,46H,8,13-14,32H2,1H3/p+1. The van der Waals surface area contributed by atoms with Crippen LogP contribution in [0.5, 0.6) is 0 Å². The quantitative estimate of drug-likeness (QED) is 0.0875. The van der Waals surface area contributed by atoms with Crippen LogP contribution in [0.4, 0.5) is 21.5 Å². The van der Waals surface area contributed by atoms with Gasteiger partial charge in [-0.1, -0.05) is 85.3 Å². The van der Waals surface area contributed by atoms with E-state index in [4.69, 9.17) is 0 Å². The molecule has 1 amide bonds. The van der Waals surface area contributed by atoms with E-state index >= 15 is 0 Å². The van der Waals surface area contributed by atoms with Gasteiger partial charge in [-0.25, -0.2) is 4.39 Å². The lowest BCUT2D eigenvalue weighted by atomic mass is 9.94. The van der Waals surface area contributed by atoms with Crippen LogP contribution >= 0.6 is 0 Å². The summed E-state index contributed by atoms with van der Waals surface area (Å²) in [5, 5.41) is 2.94. The number of hydrogen-bond acceptors (Lipinski definition) is 3. The summed E-state index contributed by atoms with van der Waals surface area (Å²) in [7, 11) is 0. The van der Waals surface area contributed by atoms with E-state index in [9.17, 15) is 14.0 Å². The summed E-state index contributed by atoms with van der Waals surface area (Å²) in [5.41, 5.74) is 11.0. The van der Waals surface area contributed by atoms with Crippen molar-refractivity contribution in [2.75, 3.05) is 10.2 Å². The van der Waals surface area contributed by atoms with Crippen molar-refractivity contribution in [3.05, 3.63) is 191 Å². The van der Waals surface area contributed by atoms with Crippen LogP contribution in [0.1, 0.15) is 65.5 Å². The van der Waals surface area contributed by atoms with E-state index < -0.39 is 0 Å². The number of fused-ring (bicyclic) bond motifs is 3. The highest BCUT2D eigenvalue weighted by Gasteiger charge is 2.42. The molecule has 5 aromatic carbocycles. The first-order chi connectivity index (χ1) is 26.4. The highest BCUT2D eigenvalue weighted by molar-refractivity contribution is 6.29. The maximum atomic E-state index is 13.8. The van der Waals surface area contributed by atoms with Gasteiger partial charge in [-0.2, -0.15) is 4.57 Å². The monoisotopic (exact) mass is 710 g/mol. The Bertz CT molecular complexity index is 2310. The zero-order chi connectivity index (χ0) is 37.0. The molecule has 1 aliphatic carbocycles. The highest BCUT2D eigenvalue weighted by atomic mass is 19.1. The molecule has 6 heteroatoms. The van der Waals surface area contributed by atoms with Crippen LogP contribution in [-0.2, 0) is 16.1 Å². The van der Waals surface area contributed by atoms with E-state index in [1.807, 2.05) is 42.7 Å². The number of pyridine rings is 1. The van der Waals surface area contributed by atoms with Crippen LogP contribution in [0.2, 0.25) is 0 Å². The lowest BCUT2D eigenvalue weighted by Gasteiger charge is -2.27. The molecule has 1 saturated carbocycles. The van der Waals surface area contributed by atoms with Gasteiger partial charge in [0.2, 0.25) is 6.54 Å². The molecule has 6 aromatic rings. The number of hydrogen-bond donors (Lipinski definition) is 1. The number of carbonyl (C=O) groups excluding carboxylic acids is 2. The number of Topliss-reactive ketones (excluding diaryl/α,β-unsaturated/α-hetero) is 1. The van der Waals surface area contributed by atoms with Gasteiger partial charge in [0.15, 0.2) is 18.2 Å². The number of nitrogens with one attached hydrogen (secondary N) is 1. The van der Waals surface area contributed by atoms with E-state index in [2.05, 4.69) is 107 Å². The van der Waals surface area contributed by atoms with Crippen molar-refractivity contribution in [1.82, 2.24) is 0 Å². The van der Waals surface area contributed by atoms with Gasteiger partial charge in [0, 0.05) is 53.7 Å². The minimum Gasteiger partial charge on any atom is -0.338 e. The fourth-order valence-electron chi connectivity index (χ4n) is 7.94. The minimum absolute atomic E-state index is 0.0444. The maximum absolute atomic E-state index is 13.8. The third-order valence-electron chi connectivity index (χ3n) is 10.4. The maximum Gasteiger partial charge on any atom is 0.256 e. The molecular weight excluding hydrogens is 670 g/mol. The first kappa shape index (κ1) is 34.7. The Kier molecular flexibility index (Phi) is 9.82. The first-order valence-corrected chi connectivity index (χ1v) is 18.5. The van der Waals surface area contributed by atoms with Crippen molar-refractivity contribution in [2.45, 2.75) is 44.7 Å². The van der Waals surface area contributed by atoms with Crippen LogP contribution in [0.3, 0.4) is 0 Å². The molecule has 54 heavy (non-hydrogen) atoms.